The van der Waals surface area contributed by atoms with Crippen molar-refractivity contribution in [3.8, 4) is 5.75 Å². The molecular weight excluding hydrogens is 370 g/mol. The summed E-state index contributed by atoms with van der Waals surface area (Å²) < 4.78 is 5.71. The summed E-state index contributed by atoms with van der Waals surface area (Å²) in [4.78, 5) is 40.1. The first-order valence-electron chi connectivity index (χ1n) is 9.15. The fourth-order valence-electron chi connectivity index (χ4n) is 3.38. The number of carbonyl (C=O) groups excluding carboxylic acids is 3. The van der Waals surface area contributed by atoms with Gasteiger partial charge < -0.3 is 19.9 Å². The second-order valence-electron chi connectivity index (χ2n) is 7.21. The van der Waals surface area contributed by atoms with E-state index in [4.69, 9.17) is 16.3 Å². The number of rotatable bonds is 2. The van der Waals surface area contributed by atoms with Gasteiger partial charge in [-0.25, -0.2) is 0 Å². The molecule has 1 saturated heterocycles. The number of amides is 3. The predicted molar refractivity (Wildman–Crippen MR) is 101 cm³/mol. The van der Waals surface area contributed by atoms with E-state index in [0.717, 1.165) is 11.3 Å². The first kappa shape index (κ1) is 19.5. The van der Waals surface area contributed by atoms with E-state index < -0.39 is 11.8 Å². The van der Waals surface area contributed by atoms with Crippen LogP contribution in [0.25, 0.3) is 0 Å². The number of hydrogen-bond acceptors (Lipinski definition) is 4. The molecule has 1 fully saturated rings. The summed E-state index contributed by atoms with van der Waals surface area (Å²) in [5, 5.41) is 3.22. The highest BCUT2D eigenvalue weighted by Crippen LogP contribution is 2.30. The van der Waals surface area contributed by atoms with Crippen molar-refractivity contribution in [2.75, 3.05) is 32.8 Å². The van der Waals surface area contributed by atoms with Gasteiger partial charge in [-0.1, -0.05) is 11.6 Å². The number of halogens is 1. The molecule has 2 aliphatic heterocycles. The summed E-state index contributed by atoms with van der Waals surface area (Å²) in [6, 6.07) is 5.34. The van der Waals surface area contributed by atoms with Gasteiger partial charge in [0.05, 0.1) is 5.92 Å². The minimum absolute atomic E-state index is 0.0133. The van der Waals surface area contributed by atoms with Crippen molar-refractivity contribution >= 4 is 29.3 Å². The van der Waals surface area contributed by atoms with E-state index in [0.29, 0.717) is 44.2 Å². The van der Waals surface area contributed by atoms with E-state index >= 15 is 0 Å². The van der Waals surface area contributed by atoms with Gasteiger partial charge in [0.25, 0.3) is 0 Å². The Morgan fingerprint density at radius 3 is 2.48 bits per heavy atom. The van der Waals surface area contributed by atoms with Crippen LogP contribution in [-0.4, -0.2) is 66.3 Å². The van der Waals surface area contributed by atoms with Gasteiger partial charge in [-0.05, 0) is 44.0 Å². The van der Waals surface area contributed by atoms with Crippen LogP contribution in [0.15, 0.2) is 18.2 Å². The maximum atomic E-state index is 12.8. The molecular formula is C19H24ClN3O4. The quantitative estimate of drug-likeness (QED) is 0.763. The third kappa shape index (κ3) is 4.53. The zero-order valence-electron chi connectivity index (χ0n) is 15.5. The van der Waals surface area contributed by atoms with Gasteiger partial charge in [0.15, 0.2) is 0 Å². The van der Waals surface area contributed by atoms with Crippen molar-refractivity contribution < 1.29 is 19.1 Å². The van der Waals surface area contributed by atoms with Crippen LogP contribution in [0.2, 0.25) is 5.02 Å². The number of hydrogen-bond donors (Lipinski definition) is 1. The van der Waals surface area contributed by atoms with Crippen molar-refractivity contribution in [3.05, 3.63) is 28.8 Å². The standard InChI is InChI=1S/C19H24ClN3O4/c1-12(2)21-17(24)19(26)23-7-5-22(6-8-23)18(25)14-9-13-10-15(20)3-4-16(13)27-11-14/h3-4,10,12,14H,5-9,11H2,1-2H3,(H,21,24). The summed E-state index contributed by atoms with van der Waals surface area (Å²) in [6.45, 7) is 5.48. The van der Waals surface area contributed by atoms with E-state index in [1.54, 1.807) is 24.8 Å². The van der Waals surface area contributed by atoms with Gasteiger partial charge >= 0.3 is 11.8 Å². The lowest BCUT2D eigenvalue weighted by molar-refractivity contribution is -0.149. The van der Waals surface area contributed by atoms with Crippen LogP contribution >= 0.6 is 11.6 Å². The summed E-state index contributed by atoms with van der Waals surface area (Å²) in [5.74, 6) is -0.615. The Hall–Kier alpha value is -2.28. The Morgan fingerprint density at radius 2 is 1.81 bits per heavy atom. The summed E-state index contributed by atoms with van der Waals surface area (Å²) in [5.41, 5.74) is 0.936. The first-order valence-corrected chi connectivity index (χ1v) is 9.52. The minimum Gasteiger partial charge on any atom is -0.492 e. The molecule has 1 unspecified atom stereocenters. The lowest BCUT2D eigenvalue weighted by atomic mass is 9.95. The maximum Gasteiger partial charge on any atom is 0.312 e. The SMILES string of the molecule is CC(C)NC(=O)C(=O)N1CCN(C(=O)C2COc3ccc(Cl)cc3C2)CC1. The second-order valence-corrected chi connectivity index (χ2v) is 7.65. The number of benzene rings is 1. The molecule has 1 atom stereocenters. The maximum absolute atomic E-state index is 12.8. The van der Waals surface area contributed by atoms with Crippen LogP contribution in [0.3, 0.4) is 0 Å². The molecule has 27 heavy (non-hydrogen) atoms. The lowest BCUT2D eigenvalue weighted by Crippen LogP contribution is -2.55. The molecule has 0 spiro atoms. The van der Waals surface area contributed by atoms with E-state index in [1.807, 2.05) is 12.1 Å². The molecule has 1 aromatic carbocycles. The van der Waals surface area contributed by atoms with Crippen LogP contribution in [0.4, 0.5) is 0 Å². The van der Waals surface area contributed by atoms with Crippen molar-refractivity contribution in [3.63, 3.8) is 0 Å². The van der Waals surface area contributed by atoms with Gasteiger partial charge in [0.2, 0.25) is 5.91 Å². The highest BCUT2D eigenvalue weighted by atomic mass is 35.5. The second kappa shape index (κ2) is 8.17. The van der Waals surface area contributed by atoms with E-state index in [-0.39, 0.29) is 17.9 Å². The van der Waals surface area contributed by atoms with Crippen LogP contribution in [0.5, 0.6) is 5.75 Å². The molecule has 8 heteroatoms. The zero-order chi connectivity index (χ0) is 19.6. The lowest BCUT2D eigenvalue weighted by Gasteiger charge is -2.37. The van der Waals surface area contributed by atoms with E-state index in [1.165, 1.54) is 4.90 Å². The summed E-state index contributed by atoms with van der Waals surface area (Å²) >= 11 is 6.03. The van der Waals surface area contributed by atoms with Crippen molar-refractivity contribution in [2.24, 2.45) is 5.92 Å². The van der Waals surface area contributed by atoms with Gasteiger partial charge in [0.1, 0.15) is 12.4 Å². The topological polar surface area (TPSA) is 79.0 Å². The fourth-order valence-corrected chi connectivity index (χ4v) is 3.57. The molecule has 7 nitrogen and oxygen atoms in total. The Morgan fingerprint density at radius 1 is 1.15 bits per heavy atom. The molecule has 1 aromatic rings. The Labute approximate surface area is 163 Å². The number of carbonyl (C=O) groups is 3. The first-order chi connectivity index (χ1) is 12.8. The highest BCUT2D eigenvalue weighted by Gasteiger charge is 2.33. The minimum atomic E-state index is -0.598. The Kier molecular flexibility index (Phi) is 5.89. The number of nitrogens with zero attached hydrogens (tertiary/aromatic N) is 2. The average Bonchev–Trinajstić information content (AvgIpc) is 2.65. The molecule has 146 valence electrons. The summed E-state index contributed by atoms with van der Waals surface area (Å²) in [6.07, 6.45) is 0.588. The molecule has 1 N–H and O–H groups in total. The highest BCUT2D eigenvalue weighted by molar-refractivity contribution is 6.35. The number of nitrogens with one attached hydrogen (secondary N) is 1. The van der Waals surface area contributed by atoms with Crippen LogP contribution < -0.4 is 10.1 Å². The molecule has 0 radical (unpaired) electrons. The Bertz CT molecular complexity index is 744. The number of fused-ring (bicyclic) bond motifs is 1. The van der Waals surface area contributed by atoms with Gasteiger partial charge in [-0.2, -0.15) is 0 Å². The molecule has 0 saturated carbocycles. The van der Waals surface area contributed by atoms with Crippen LogP contribution in [0.1, 0.15) is 19.4 Å². The third-order valence-electron chi connectivity index (χ3n) is 4.77. The van der Waals surface area contributed by atoms with Gasteiger partial charge in [-0.15, -0.1) is 0 Å². The van der Waals surface area contributed by atoms with E-state index in [2.05, 4.69) is 5.32 Å². The van der Waals surface area contributed by atoms with Crippen LogP contribution in [-0.2, 0) is 20.8 Å². The summed E-state index contributed by atoms with van der Waals surface area (Å²) in [7, 11) is 0. The molecule has 0 bridgehead atoms. The molecule has 3 rings (SSSR count). The number of piperazine rings is 1. The zero-order valence-corrected chi connectivity index (χ0v) is 16.3. The molecule has 3 amide bonds. The smallest absolute Gasteiger partial charge is 0.312 e. The predicted octanol–water partition coefficient (Wildman–Crippen LogP) is 1.09. The van der Waals surface area contributed by atoms with Gasteiger partial charge in [0, 0.05) is 37.2 Å². The van der Waals surface area contributed by atoms with Crippen molar-refractivity contribution in [2.45, 2.75) is 26.3 Å². The van der Waals surface area contributed by atoms with Gasteiger partial charge in [-0.3, -0.25) is 14.4 Å². The van der Waals surface area contributed by atoms with Crippen molar-refractivity contribution in [1.29, 1.82) is 0 Å². The Balaban J connectivity index is 1.55. The van der Waals surface area contributed by atoms with E-state index in [9.17, 15) is 14.4 Å². The van der Waals surface area contributed by atoms with Crippen molar-refractivity contribution in [1.82, 2.24) is 15.1 Å². The fraction of sp³-hybridized carbons (Fsp3) is 0.526. The molecule has 0 aromatic heterocycles. The average molecular weight is 394 g/mol. The van der Waals surface area contributed by atoms with Crippen LogP contribution in [0, 0.1) is 5.92 Å². The molecule has 2 aliphatic rings. The molecule has 0 aliphatic carbocycles. The third-order valence-corrected chi connectivity index (χ3v) is 5.01. The monoisotopic (exact) mass is 393 g/mol. The number of ether oxygens (including phenoxy) is 1. The molecule has 2 heterocycles. The largest absolute Gasteiger partial charge is 0.492 e. The normalized spacial score (nSPS) is 19.3.